The van der Waals surface area contributed by atoms with Crippen molar-refractivity contribution in [2.75, 3.05) is 0 Å². The Labute approximate surface area is 127 Å². The molecule has 0 spiro atoms. The van der Waals surface area contributed by atoms with Crippen LogP contribution >= 0.6 is 0 Å². The predicted molar refractivity (Wildman–Crippen MR) is 84.3 cm³/mol. The van der Waals surface area contributed by atoms with Gasteiger partial charge < -0.3 is 14.8 Å². The Kier molecular flexibility index (Phi) is 3.17. The molecule has 3 atom stereocenters. The van der Waals surface area contributed by atoms with Gasteiger partial charge in [-0.05, 0) is 43.5 Å². The summed E-state index contributed by atoms with van der Waals surface area (Å²) in [6, 6.07) is 12.4. The number of aliphatic hydroxyl groups is 2. The molecule has 1 heterocycles. The molecule has 4 rings (SSSR count). The minimum absolute atomic E-state index is 0.184. The second kappa shape index (κ2) is 5.07. The number of rotatable bonds is 1. The summed E-state index contributed by atoms with van der Waals surface area (Å²) in [5.41, 5.74) is 1.88. The first-order chi connectivity index (χ1) is 10.7. The summed E-state index contributed by atoms with van der Waals surface area (Å²) in [5, 5.41) is 22.3. The van der Waals surface area contributed by atoms with Crippen molar-refractivity contribution in [3.05, 3.63) is 48.3 Å². The summed E-state index contributed by atoms with van der Waals surface area (Å²) in [7, 11) is 0. The normalized spacial score (nSPS) is 25.9. The van der Waals surface area contributed by atoms with Gasteiger partial charge in [0.05, 0.1) is 12.1 Å². The maximum Gasteiger partial charge on any atom is 0.123 e. The Hall–Kier alpha value is -1.91. The van der Waals surface area contributed by atoms with Gasteiger partial charge in [-0.25, -0.2) is 4.39 Å². The first-order valence-electron chi connectivity index (χ1n) is 7.71. The third-order valence-corrected chi connectivity index (χ3v) is 4.79. The van der Waals surface area contributed by atoms with Crippen LogP contribution in [0.3, 0.4) is 0 Å². The number of hydrogen-bond donors (Lipinski definition) is 2. The van der Waals surface area contributed by atoms with E-state index >= 15 is 0 Å². The van der Waals surface area contributed by atoms with Gasteiger partial charge in [-0.1, -0.05) is 18.2 Å². The molecule has 22 heavy (non-hydrogen) atoms. The lowest BCUT2D eigenvalue weighted by molar-refractivity contribution is -0.0375. The van der Waals surface area contributed by atoms with E-state index in [1.54, 1.807) is 12.1 Å². The van der Waals surface area contributed by atoms with Crippen molar-refractivity contribution in [1.29, 1.82) is 0 Å². The average molecular weight is 299 g/mol. The van der Waals surface area contributed by atoms with Crippen LogP contribution in [0.2, 0.25) is 0 Å². The van der Waals surface area contributed by atoms with E-state index in [2.05, 4.69) is 4.57 Å². The number of fused-ring (bicyclic) bond motifs is 3. The topological polar surface area (TPSA) is 45.4 Å². The molecular weight excluding hydrogens is 281 g/mol. The Bertz CT molecular complexity index is 842. The van der Waals surface area contributed by atoms with E-state index in [0.717, 1.165) is 34.6 Å². The number of para-hydroxylation sites is 1. The lowest BCUT2D eigenvalue weighted by Gasteiger charge is -2.33. The van der Waals surface area contributed by atoms with Gasteiger partial charge in [0, 0.05) is 21.8 Å². The van der Waals surface area contributed by atoms with E-state index < -0.39 is 12.2 Å². The monoisotopic (exact) mass is 299 g/mol. The zero-order valence-electron chi connectivity index (χ0n) is 12.1. The lowest BCUT2D eigenvalue weighted by Crippen LogP contribution is -2.38. The molecule has 0 amide bonds. The smallest absolute Gasteiger partial charge is 0.123 e. The van der Waals surface area contributed by atoms with Gasteiger partial charge in [0.2, 0.25) is 0 Å². The standard InChI is InChI=1S/C18H18FNO2/c19-11-8-9-15-13(10-11)12-4-1-2-5-14(12)20(15)16-6-3-7-17(21)18(16)22/h1-2,4-5,8-10,16-18,21-22H,3,6-7H2. The predicted octanol–water partition coefficient (Wildman–Crippen LogP) is 3.38. The highest BCUT2D eigenvalue weighted by molar-refractivity contribution is 6.08. The van der Waals surface area contributed by atoms with Crippen molar-refractivity contribution in [1.82, 2.24) is 4.57 Å². The number of hydrogen-bond acceptors (Lipinski definition) is 2. The minimum atomic E-state index is -0.794. The van der Waals surface area contributed by atoms with Crippen LogP contribution in [0.4, 0.5) is 4.39 Å². The number of aliphatic hydroxyl groups excluding tert-OH is 2. The zero-order chi connectivity index (χ0) is 15.3. The number of benzene rings is 2. The molecule has 1 fully saturated rings. The zero-order valence-corrected chi connectivity index (χ0v) is 12.1. The average Bonchev–Trinajstić information content (AvgIpc) is 2.84. The van der Waals surface area contributed by atoms with Crippen molar-refractivity contribution in [2.24, 2.45) is 0 Å². The molecule has 1 aromatic heterocycles. The van der Waals surface area contributed by atoms with E-state index in [1.165, 1.54) is 6.07 Å². The summed E-state index contributed by atoms with van der Waals surface area (Å²) >= 11 is 0. The highest BCUT2D eigenvalue weighted by Gasteiger charge is 2.33. The van der Waals surface area contributed by atoms with Crippen LogP contribution in [0.1, 0.15) is 25.3 Å². The number of nitrogens with zero attached hydrogens (tertiary/aromatic N) is 1. The van der Waals surface area contributed by atoms with Crippen molar-refractivity contribution < 1.29 is 14.6 Å². The Morgan fingerprint density at radius 1 is 0.955 bits per heavy atom. The molecule has 3 unspecified atom stereocenters. The van der Waals surface area contributed by atoms with Crippen molar-refractivity contribution >= 4 is 21.8 Å². The minimum Gasteiger partial charge on any atom is -0.390 e. The van der Waals surface area contributed by atoms with E-state index in [-0.39, 0.29) is 11.9 Å². The van der Waals surface area contributed by atoms with Crippen LogP contribution in [0.5, 0.6) is 0 Å². The van der Waals surface area contributed by atoms with E-state index in [1.807, 2.05) is 24.3 Å². The van der Waals surface area contributed by atoms with Crippen molar-refractivity contribution in [3.8, 4) is 0 Å². The quantitative estimate of drug-likeness (QED) is 0.723. The maximum absolute atomic E-state index is 13.7. The summed E-state index contributed by atoms with van der Waals surface area (Å²) in [6.07, 6.45) is 0.818. The molecule has 1 aliphatic rings. The van der Waals surface area contributed by atoms with Crippen LogP contribution in [-0.4, -0.2) is 27.0 Å². The van der Waals surface area contributed by atoms with Gasteiger partial charge in [-0.15, -0.1) is 0 Å². The fourth-order valence-electron chi connectivity index (χ4n) is 3.75. The molecule has 114 valence electrons. The van der Waals surface area contributed by atoms with E-state index in [0.29, 0.717) is 6.42 Å². The van der Waals surface area contributed by atoms with Crippen LogP contribution in [0.25, 0.3) is 21.8 Å². The summed E-state index contributed by atoms with van der Waals surface area (Å²) < 4.78 is 15.7. The molecule has 2 N–H and O–H groups in total. The molecule has 0 saturated heterocycles. The van der Waals surface area contributed by atoms with Crippen LogP contribution in [0.15, 0.2) is 42.5 Å². The van der Waals surface area contributed by atoms with Crippen molar-refractivity contribution in [3.63, 3.8) is 0 Å². The Balaban J connectivity index is 2.02. The van der Waals surface area contributed by atoms with E-state index in [4.69, 9.17) is 0 Å². The molecule has 0 bridgehead atoms. The third-order valence-electron chi connectivity index (χ3n) is 4.79. The Morgan fingerprint density at radius 2 is 1.73 bits per heavy atom. The summed E-state index contributed by atoms with van der Waals surface area (Å²) in [5.74, 6) is -0.264. The molecule has 1 aliphatic carbocycles. The third kappa shape index (κ3) is 1.95. The molecule has 0 radical (unpaired) electrons. The molecule has 4 heteroatoms. The maximum atomic E-state index is 13.7. The van der Waals surface area contributed by atoms with Crippen LogP contribution in [-0.2, 0) is 0 Å². The molecule has 3 nitrogen and oxygen atoms in total. The largest absolute Gasteiger partial charge is 0.390 e. The first kappa shape index (κ1) is 13.7. The molecule has 1 saturated carbocycles. The molecular formula is C18H18FNO2. The number of aromatic nitrogens is 1. The first-order valence-corrected chi connectivity index (χ1v) is 7.71. The van der Waals surface area contributed by atoms with Crippen LogP contribution in [0, 0.1) is 5.82 Å². The van der Waals surface area contributed by atoms with E-state index in [9.17, 15) is 14.6 Å². The number of halogens is 1. The summed E-state index contributed by atoms with van der Waals surface area (Å²) in [4.78, 5) is 0. The van der Waals surface area contributed by atoms with Gasteiger partial charge in [0.15, 0.2) is 0 Å². The lowest BCUT2D eigenvalue weighted by atomic mass is 9.89. The Morgan fingerprint density at radius 3 is 2.59 bits per heavy atom. The molecule has 2 aromatic carbocycles. The van der Waals surface area contributed by atoms with Gasteiger partial charge in [0.25, 0.3) is 0 Å². The molecule has 0 aliphatic heterocycles. The van der Waals surface area contributed by atoms with Gasteiger partial charge >= 0.3 is 0 Å². The van der Waals surface area contributed by atoms with Gasteiger partial charge in [0.1, 0.15) is 11.9 Å². The fraction of sp³-hybridized carbons (Fsp3) is 0.333. The fourth-order valence-corrected chi connectivity index (χ4v) is 3.75. The highest BCUT2D eigenvalue weighted by Crippen LogP contribution is 2.37. The second-order valence-corrected chi connectivity index (χ2v) is 6.10. The second-order valence-electron chi connectivity index (χ2n) is 6.10. The molecule has 3 aromatic rings. The van der Waals surface area contributed by atoms with Crippen molar-refractivity contribution in [2.45, 2.75) is 37.5 Å². The highest BCUT2D eigenvalue weighted by atomic mass is 19.1. The van der Waals surface area contributed by atoms with Gasteiger partial charge in [-0.3, -0.25) is 0 Å². The van der Waals surface area contributed by atoms with Gasteiger partial charge in [-0.2, -0.15) is 0 Å². The van der Waals surface area contributed by atoms with Crippen LogP contribution < -0.4 is 0 Å². The SMILES string of the molecule is OC1CCCC(n2c3ccccc3c3cc(F)ccc32)C1O. The summed E-state index contributed by atoms with van der Waals surface area (Å²) in [6.45, 7) is 0.